The van der Waals surface area contributed by atoms with Gasteiger partial charge in [-0.15, -0.1) is 0 Å². The highest BCUT2D eigenvalue weighted by Crippen LogP contribution is 2.39. The molecule has 4 atom stereocenters. The van der Waals surface area contributed by atoms with Gasteiger partial charge in [-0.25, -0.2) is 0 Å². The Labute approximate surface area is 106 Å². The summed E-state index contributed by atoms with van der Waals surface area (Å²) in [5, 5.41) is 9.57. The SMILES string of the molecule is CC(C)C1CCCC(CN)(OC(C)C(C)O)C1. The topological polar surface area (TPSA) is 55.5 Å². The van der Waals surface area contributed by atoms with Crippen molar-refractivity contribution in [2.24, 2.45) is 17.6 Å². The van der Waals surface area contributed by atoms with Crippen LogP contribution in [-0.2, 0) is 4.74 Å². The molecule has 1 aliphatic carbocycles. The van der Waals surface area contributed by atoms with Gasteiger partial charge >= 0.3 is 0 Å². The second-order valence-corrected chi connectivity index (χ2v) is 6.05. The monoisotopic (exact) mass is 243 g/mol. The molecule has 3 nitrogen and oxygen atoms in total. The molecule has 102 valence electrons. The molecule has 4 unspecified atom stereocenters. The van der Waals surface area contributed by atoms with Crippen LogP contribution < -0.4 is 5.73 Å². The molecule has 0 bridgehead atoms. The number of aliphatic hydroxyl groups excluding tert-OH is 1. The van der Waals surface area contributed by atoms with E-state index in [1.165, 1.54) is 12.8 Å². The Kier molecular flexibility index (Phi) is 5.42. The van der Waals surface area contributed by atoms with E-state index < -0.39 is 6.10 Å². The van der Waals surface area contributed by atoms with Gasteiger partial charge in [0.1, 0.15) is 0 Å². The van der Waals surface area contributed by atoms with E-state index in [1.54, 1.807) is 6.92 Å². The number of hydrogen-bond donors (Lipinski definition) is 2. The van der Waals surface area contributed by atoms with Crippen LogP contribution in [0.1, 0.15) is 53.4 Å². The van der Waals surface area contributed by atoms with E-state index in [0.717, 1.165) is 12.8 Å². The Hall–Kier alpha value is -0.120. The molecule has 3 heteroatoms. The van der Waals surface area contributed by atoms with Crippen LogP contribution in [0.2, 0.25) is 0 Å². The van der Waals surface area contributed by atoms with Crippen LogP contribution in [-0.4, -0.2) is 29.5 Å². The van der Waals surface area contributed by atoms with Crippen molar-refractivity contribution in [2.75, 3.05) is 6.54 Å². The third-order valence-electron chi connectivity index (χ3n) is 4.27. The van der Waals surface area contributed by atoms with E-state index in [1.807, 2.05) is 6.92 Å². The predicted octanol–water partition coefficient (Wildman–Crippen LogP) is 2.32. The van der Waals surface area contributed by atoms with Gasteiger partial charge in [0.05, 0.1) is 17.8 Å². The Morgan fingerprint density at radius 2 is 2.00 bits per heavy atom. The molecule has 0 aliphatic heterocycles. The standard InChI is InChI=1S/C14H29NO2/c1-10(2)13-6-5-7-14(8-13,9-15)17-12(4)11(3)16/h10-13,16H,5-9,15H2,1-4H3. The maximum atomic E-state index is 9.57. The third-order valence-corrected chi connectivity index (χ3v) is 4.27. The molecule has 0 aromatic heterocycles. The molecule has 0 saturated heterocycles. The summed E-state index contributed by atoms with van der Waals surface area (Å²) >= 11 is 0. The summed E-state index contributed by atoms with van der Waals surface area (Å²) in [6.07, 6.45) is 3.97. The van der Waals surface area contributed by atoms with E-state index in [-0.39, 0.29) is 11.7 Å². The second-order valence-electron chi connectivity index (χ2n) is 6.05. The zero-order chi connectivity index (χ0) is 13.1. The van der Waals surface area contributed by atoms with Crippen molar-refractivity contribution in [3.63, 3.8) is 0 Å². The fraction of sp³-hybridized carbons (Fsp3) is 1.00. The van der Waals surface area contributed by atoms with Crippen molar-refractivity contribution < 1.29 is 9.84 Å². The van der Waals surface area contributed by atoms with Crippen molar-refractivity contribution >= 4 is 0 Å². The molecule has 0 spiro atoms. The lowest BCUT2D eigenvalue weighted by atomic mass is 9.73. The van der Waals surface area contributed by atoms with Crippen LogP contribution >= 0.6 is 0 Å². The minimum absolute atomic E-state index is 0.135. The zero-order valence-corrected chi connectivity index (χ0v) is 11.8. The third kappa shape index (κ3) is 3.94. The quantitative estimate of drug-likeness (QED) is 0.779. The first-order valence-corrected chi connectivity index (χ1v) is 6.96. The van der Waals surface area contributed by atoms with Crippen LogP contribution in [0.3, 0.4) is 0 Å². The van der Waals surface area contributed by atoms with Crippen LogP contribution in [0.4, 0.5) is 0 Å². The van der Waals surface area contributed by atoms with Gasteiger partial charge in [0.15, 0.2) is 0 Å². The fourth-order valence-corrected chi connectivity index (χ4v) is 2.77. The first kappa shape index (κ1) is 14.9. The zero-order valence-electron chi connectivity index (χ0n) is 11.8. The fourth-order valence-electron chi connectivity index (χ4n) is 2.77. The van der Waals surface area contributed by atoms with Gasteiger partial charge < -0.3 is 15.6 Å². The predicted molar refractivity (Wildman–Crippen MR) is 70.8 cm³/mol. The summed E-state index contributed by atoms with van der Waals surface area (Å²) < 4.78 is 6.09. The molecule has 1 saturated carbocycles. The summed E-state index contributed by atoms with van der Waals surface area (Å²) in [5.74, 6) is 1.39. The van der Waals surface area contributed by atoms with Gasteiger partial charge in [-0.05, 0) is 44.9 Å². The molecule has 0 aromatic rings. The number of ether oxygens (including phenoxy) is 1. The summed E-state index contributed by atoms with van der Waals surface area (Å²) in [5.41, 5.74) is 5.74. The minimum atomic E-state index is -0.433. The molecule has 1 aliphatic rings. The molecular weight excluding hydrogens is 214 g/mol. The minimum Gasteiger partial charge on any atom is -0.391 e. The first-order chi connectivity index (χ1) is 7.90. The van der Waals surface area contributed by atoms with E-state index in [0.29, 0.717) is 18.4 Å². The average Bonchev–Trinajstić information content (AvgIpc) is 2.29. The van der Waals surface area contributed by atoms with E-state index in [4.69, 9.17) is 10.5 Å². The maximum absolute atomic E-state index is 9.57. The highest BCUT2D eigenvalue weighted by molar-refractivity contribution is 4.91. The smallest absolute Gasteiger partial charge is 0.0811 e. The molecule has 0 aromatic carbocycles. The Morgan fingerprint density at radius 3 is 2.47 bits per heavy atom. The van der Waals surface area contributed by atoms with Crippen molar-refractivity contribution in [1.29, 1.82) is 0 Å². The molecule has 0 amide bonds. The van der Waals surface area contributed by atoms with E-state index >= 15 is 0 Å². The number of hydrogen-bond acceptors (Lipinski definition) is 3. The van der Waals surface area contributed by atoms with Gasteiger partial charge in [0.25, 0.3) is 0 Å². The molecule has 0 heterocycles. The molecule has 1 fully saturated rings. The largest absolute Gasteiger partial charge is 0.391 e. The van der Waals surface area contributed by atoms with Gasteiger partial charge in [0, 0.05) is 6.54 Å². The van der Waals surface area contributed by atoms with Crippen LogP contribution in [0.15, 0.2) is 0 Å². The van der Waals surface area contributed by atoms with Crippen LogP contribution in [0.5, 0.6) is 0 Å². The molecule has 17 heavy (non-hydrogen) atoms. The summed E-state index contributed by atoms with van der Waals surface area (Å²) in [7, 11) is 0. The Morgan fingerprint density at radius 1 is 1.35 bits per heavy atom. The van der Waals surface area contributed by atoms with Crippen molar-refractivity contribution in [3.8, 4) is 0 Å². The highest BCUT2D eigenvalue weighted by Gasteiger charge is 2.38. The molecule has 0 radical (unpaired) electrons. The lowest BCUT2D eigenvalue weighted by Crippen LogP contribution is -2.49. The molecule has 3 N–H and O–H groups in total. The van der Waals surface area contributed by atoms with Crippen LogP contribution in [0.25, 0.3) is 0 Å². The van der Waals surface area contributed by atoms with Crippen molar-refractivity contribution in [3.05, 3.63) is 0 Å². The van der Waals surface area contributed by atoms with Crippen molar-refractivity contribution in [1.82, 2.24) is 0 Å². The lowest BCUT2D eigenvalue weighted by Gasteiger charge is -2.43. The first-order valence-electron chi connectivity index (χ1n) is 6.96. The molecular formula is C14H29NO2. The number of nitrogens with two attached hydrogens (primary N) is 1. The molecule has 1 rings (SSSR count). The van der Waals surface area contributed by atoms with Gasteiger partial charge in [-0.1, -0.05) is 20.3 Å². The number of aliphatic hydroxyl groups is 1. The van der Waals surface area contributed by atoms with Crippen LogP contribution in [0, 0.1) is 11.8 Å². The normalized spacial score (nSPS) is 33.7. The summed E-state index contributed by atoms with van der Waals surface area (Å²) in [4.78, 5) is 0. The maximum Gasteiger partial charge on any atom is 0.0811 e. The summed E-state index contributed by atoms with van der Waals surface area (Å²) in [6, 6.07) is 0. The van der Waals surface area contributed by atoms with E-state index in [9.17, 15) is 5.11 Å². The van der Waals surface area contributed by atoms with E-state index in [2.05, 4.69) is 13.8 Å². The van der Waals surface area contributed by atoms with Gasteiger partial charge in [-0.3, -0.25) is 0 Å². The average molecular weight is 243 g/mol. The highest BCUT2D eigenvalue weighted by atomic mass is 16.5. The Bertz CT molecular complexity index is 226. The van der Waals surface area contributed by atoms with Gasteiger partial charge in [-0.2, -0.15) is 0 Å². The lowest BCUT2D eigenvalue weighted by molar-refractivity contribution is -0.144. The summed E-state index contributed by atoms with van der Waals surface area (Å²) in [6.45, 7) is 8.82. The van der Waals surface area contributed by atoms with Gasteiger partial charge in [0.2, 0.25) is 0 Å². The number of rotatable bonds is 5. The second kappa shape index (κ2) is 6.17. The van der Waals surface area contributed by atoms with Crippen molar-refractivity contribution in [2.45, 2.75) is 71.2 Å². The Balaban J connectivity index is 2.67.